The van der Waals surface area contributed by atoms with E-state index in [1.54, 1.807) is 36.0 Å². The summed E-state index contributed by atoms with van der Waals surface area (Å²) in [5.41, 5.74) is 1.74. The maximum Gasteiger partial charge on any atom is 0.329 e. The first-order chi connectivity index (χ1) is 14.9. The zero-order chi connectivity index (χ0) is 22.0. The first kappa shape index (κ1) is 21.8. The molecule has 8 heteroatoms. The number of imide groups is 1. The van der Waals surface area contributed by atoms with Crippen molar-refractivity contribution in [3.05, 3.63) is 98.6 Å². The highest BCUT2D eigenvalue weighted by Crippen LogP contribution is 2.29. The molecule has 31 heavy (non-hydrogen) atoms. The molecule has 0 unspecified atom stereocenters. The zero-order valence-corrected chi connectivity index (χ0v) is 19.0. The van der Waals surface area contributed by atoms with Crippen molar-refractivity contribution in [3.8, 4) is 0 Å². The molecule has 1 N–H and O–H groups in total. The number of hydrogen-bond donors (Lipinski definition) is 1. The number of benzene rings is 3. The molecule has 1 aliphatic rings. The number of halogens is 3. The number of nitrogens with zero attached hydrogens (tertiary/aromatic N) is 1. The fraction of sp³-hybridized carbons (Fsp3) is 0.0435. The van der Waals surface area contributed by atoms with Gasteiger partial charge in [-0.25, -0.2) is 4.79 Å². The Kier molecular flexibility index (Phi) is 6.58. The summed E-state index contributed by atoms with van der Waals surface area (Å²) in [6.07, 6.45) is 1.66. The third kappa shape index (κ3) is 5.25. The largest absolute Gasteiger partial charge is 0.329 e. The maximum atomic E-state index is 12.7. The van der Waals surface area contributed by atoms with Crippen LogP contribution in [0.25, 0.3) is 6.08 Å². The number of rotatable bonds is 5. The van der Waals surface area contributed by atoms with E-state index in [4.69, 9.17) is 34.8 Å². The van der Waals surface area contributed by atoms with Crippen LogP contribution in [0.1, 0.15) is 11.1 Å². The minimum atomic E-state index is -0.475. The van der Waals surface area contributed by atoms with Crippen LogP contribution in [0.15, 0.2) is 82.2 Å². The van der Waals surface area contributed by atoms with Gasteiger partial charge in [-0.3, -0.25) is 9.69 Å². The van der Waals surface area contributed by atoms with Crippen LogP contribution in [0.4, 0.5) is 4.79 Å². The number of nitrogens with one attached hydrogen (secondary N) is 1. The van der Waals surface area contributed by atoms with Crippen LogP contribution < -0.4 is 5.32 Å². The highest BCUT2D eigenvalue weighted by Gasteiger charge is 2.33. The fourth-order valence-electron chi connectivity index (χ4n) is 2.97. The van der Waals surface area contributed by atoms with Crippen LogP contribution in [-0.2, 0) is 11.3 Å². The lowest BCUT2D eigenvalue weighted by Gasteiger charge is -2.12. The average molecular weight is 490 g/mol. The monoisotopic (exact) mass is 488 g/mol. The van der Waals surface area contributed by atoms with Crippen molar-refractivity contribution < 1.29 is 9.59 Å². The molecule has 156 valence electrons. The third-order valence-electron chi connectivity index (χ3n) is 4.53. The lowest BCUT2D eigenvalue weighted by molar-refractivity contribution is -0.123. The Morgan fingerprint density at radius 3 is 2.13 bits per heavy atom. The Morgan fingerprint density at radius 1 is 0.839 bits per heavy atom. The van der Waals surface area contributed by atoms with Gasteiger partial charge >= 0.3 is 6.03 Å². The summed E-state index contributed by atoms with van der Waals surface area (Å²) in [6, 6.07) is 19.9. The Labute approximate surface area is 198 Å². The van der Waals surface area contributed by atoms with Gasteiger partial charge in [-0.15, -0.1) is 0 Å². The van der Waals surface area contributed by atoms with Crippen LogP contribution in [0, 0.1) is 0 Å². The maximum absolute atomic E-state index is 12.7. The summed E-state index contributed by atoms with van der Waals surface area (Å²) in [4.78, 5) is 28.3. The van der Waals surface area contributed by atoms with Crippen LogP contribution in [-0.4, -0.2) is 16.8 Å². The van der Waals surface area contributed by atoms with E-state index < -0.39 is 11.9 Å². The van der Waals surface area contributed by atoms with Gasteiger partial charge in [0.2, 0.25) is 0 Å². The van der Waals surface area contributed by atoms with Gasteiger partial charge in [0, 0.05) is 14.8 Å². The summed E-state index contributed by atoms with van der Waals surface area (Å²) >= 11 is 19.5. The predicted molar refractivity (Wildman–Crippen MR) is 126 cm³/mol. The third-order valence-corrected chi connectivity index (χ3v) is 6.53. The molecule has 3 amide bonds. The molecule has 0 atom stereocenters. The van der Waals surface area contributed by atoms with Crippen LogP contribution in [0.3, 0.4) is 0 Å². The zero-order valence-electron chi connectivity index (χ0n) is 15.9. The number of amides is 3. The summed E-state index contributed by atoms with van der Waals surface area (Å²) in [7, 11) is 0. The van der Waals surface area contributed by atoms with Gasteiger partial charge < -0.3 is 5.32 Å². The second kappa shape index (κ2) is 9.37. The van der Waals surface area contributed by atoms with E-state index in [0.29, 0.717) is 20.6 Å². The molecule has 0 saturated carbocycles. The highest BCUT2D eigenvalue weighted by molar-refractivity contribution is 7.99. The average Bonchev–Trinajstić information content (AvgIpc) is 3.01. The Hall–Kier alpha value is -2.44. The van der Waals surface area contributed by atoms with E-state index in [1.165, 1.54) is 0 Å². The molecule has 3 aromatic rings. The molecule has 1 aliphatic heterocycles. The number of carbonyl (C=O) groups excluding carboxylic acids is 2. The van der Waals surface area contributed by atoms with Gasteiger partial charge in [-0.1, -0.05) is 64.8 Å². The smallest absolute Gasteiger partial charge is 0.303 e. The molecule has 0 aliphatic carbocycles. The molecule has 3 aromatic carbocycles. The summed E-state index contributed by atoms with van der Waals surface area (Å²) < 4.78 is 0. The molecule has 0 radical (unpaired) electrons. The molecule has 1 heterocycles. The first-order valence-electron chi connectivity index (χ1n) is 9.21. The van der Waals surface area contributed by atoms with Crippen molar-refractivity contribution in [2.24, 2.45) is 0 Å². The summed E-state index contributed by atoms with van der Waals surface area (Å²) in [6.45, 7) is 0.107. The molecule has 1 saturated heterocycles. The van der Waals surface area contributed by atoms with Gasteiger partial charge in [-0.2, -0.15) is 0 Å². The van der Waals surface area contributed by atoms with Gasteiger partial charge in [0.05, 0.1) is 16.6 Å². The molecule has 0 spiro atoms. The molecule has 0 bridgehead atoms. The van der Waals surface area contributed by atoms with Crippen molar-refractivity contribution >= 4 is 64.6 Å². The van der Waals surface area contributed by atoms with Gasteiger partial charge in [-0.05, 0) is 65.7 Å². The van der Waals surface area contributed by atoms with Gasteiger partial charge in [0.1, 0.15) is 5.70 Å². The van der Waals surface area contributed by atoms with Gasteiger partial charge in [0.15, 0.2) is 0 Å². The van der Waals surface area contributed by atoms with Crippen LogP contribution in [0.2, 0.25) is 15.1 Å². The van der Waals surface area contributed by atoms with E-state index in [-0.39, 0.29) is 12.2 Å². The van der Waals surface area contributed by atoms with Crippen molar-refractivity contribution in [2.75, 3.05) is 0 Å². The van der Waals surface area contributed by atoms with Crippen molar-refractivity contribution in [2.45, 2.75) is 16.3 Å². The quantitative estimate of drug-likeness (QED) is 0.313. The predicted octanol–water partition coefficient (Wildman–Crippen LogP) is 6.89. The van der Waals surface area contributed by atoms with E-state index in [9.17, 15) is 9.59 Å². The minimum absolute atomic E-state index is 0.107. The Balaban J connectivity index is 1.45. The van der Waals surface area contributed by atoms with Crippen LogP contribution in [0.5, 0.6) is 0 Å². The molecule has 4 rings (SSSR count). The molecule has 4 nitrogen and oxygen atoms in total. The van der Waals surface area contributed by atoms with Crippen molar-refractivity contribution in [3.63, 3.8) is 0 Å². The summed E-state index contributed by atoms with van der Waals surface area (Å²) in [5.74, 6) is -0.393. The van der Waals surface area contributed by atoms with Gasteiger partial charge in [0.25, 0.3) is 5.91 Å². The lowest BCUT2D eigenvalue weighted by Crippen LogP contribution is -2.30. The standard InChI is InChI=1S/C23H15Cl3N2O2S/c24-16-4-8-18(9-5-16)31-17-6-1-14(2-7-17)12-21-22(29)28(23(30)27-21)13-15-3-10-19(25)20(26)11-15/h1-12H,13H2,(H,27,30)/b21-12-. The topological polar surface area (TPSA) is 49.4 Å². The van der Waals surface area contributed by atoms with E-state index >= 15 is 0 Å². The first-order valence-corrected chi connectivity index (χ1v) is 11.2. The number of carbonyl (C=O) groups is 2. The molecular weight excluding hydrogens is 475 g/mol. The van der Waals surface area contributed by atoms with E-state index in [0.717, 1.165) is 20.3 Å². The van der Waals surface area contributed by atoms with Crippen molar-refractivity contribution in [1.29, 1.82) is 0 Å². The van der Waals surface area contributed by atoms with E-state index in [2.05, 4.69) is 5.32 Å². The molecule has 1 fully saturated rings. The van der Waals surface area contributed by atoms with Crippen molar-refractivity contribution in [1.82, 2.24) is 10.2 Å². The lowest BCUT2D eigenvalue weighted by atomic mass is 10.2. The SMILES string of the molecule is O=C1N/C(=C\c2ccc(Sc3ccc(Cl)cc3)cc2)C(=O)N1Cc1ccc(Cl)c(Cl)c1. The second-order valence-corrected chi connectivity index (χ2v) is 9.15. The molecule has 0 aromatic heterocycles. The minimum Gasteiger partial charge on any atom is -0.303 e. The molecular formula is C23H15Cl3N2O2S. The Bertz CT molecular complexity index is 1180. The fourth-order valence-corrected chi connectivity index (χ4v) is 4.24. The second-order valence-electron chi connectivity index (χ2n) is 6.75. The highest BCUT2D eigenvalue weighted by atomic mass is 35.5. The number of hydrogen-bond acceptors (Lipinski definition) is 3. The summed E-state index contributed by atoms with van der Waals surface area (Å²) in [5, 5.41) is 4.12. The normalized spacial score (nSPS) is 14.9. The number of urea groups is 1. The Morgan fingerprint density at radius 2 is 1.48 bits per heavy atom. The van der Waals surface area contributed by atoms with Crippen LogP contribution >= 0.6 is 46.6 Å². The van der Waals surface area contributed by atoms with E-state index in [1.807, 2.05) is 48.5 Å².